The van der Waals surface area contributed by atoms with Gasteiger partial charge in [0, 0.05) is 13.6 Å². The molecule has 5 heteroatoms. The number of rotatable bonds is 3. The highest BCUT2D eigenvalue weighted by atomic mass is 16.3. The summed E-state index contributed by atoms with van der Waals surface area (Å²) in [6.45, 7) is 1.14. The summed E-state index contributed by atoms with van der Waals surface area (Å²) >= 11 is 0. The third-order valence-electron chi connectivity index (χ3n) is 3.01. The van der Waals surface area contributed by atoms with Crippen LogP contribution in [-0.2, 0) is 0 Å². The van der Waals surface area contributed by atoms with E-state index in [0.717, 1.165) is 31.0 Å². The topological polar surface area (TPSA) is 61.3 Å². The van der Waals surface area contributed by atoms with E-state index in [1.807, 2.05) is 7.05 Å². The zero-order chi connectivity index (χ0) is 11.4. The Bertz CT molecular complexity index is 345. The number of anilines is 2. The van der Waals surface area contributed by atoms with E-state index in [1.165, 1.54) is 6.42 Å². The average molecular weight is 222 g/mol. The van der Waals surface area contributed by atoms with Crippen molar-refractivity contribution < 1.29 is 5.11 Å². The van der Waals surface area contributed by atoms with Crippen LogP contribution in [0.25, 0.3) is 0 Å². The lowest BCUT2D eigenvalue weighted by Crippen LogP contribution is -2.42. The van der Waals surface area contributed by atoms with E-state index in [2.05, 4.69) is 20.2 Å². The molecule has 1 unspecified atom stereocenters. The maximum absolute atomic E-state index is 9.34. The first-order valence-electron chi connectivity index (χ1n) is 5.72. The van der Waals surface area contributed by atoms with Gasteiger partial charge in [-0.2, -0.15) is 0 Å². The minimum absolute atomic E-state index is 0.186. The second-order valence-corrected chi connectivity index (χ2v) is 4.04. The summed E-state index contributed by atoms with van der Waals surface area (Å²) in [4.78, 5) is 10.8. The SMILES string of the molecule is CNc1cncc(N2CCCCC2CO)n1. The summed E-state index contributed by atoms with van der Waals surface area (Å²) in [5.41, 5.74) is 0. The lowest BCUT2D eigenvalue weighted by molar-refractivity contribution is 0.239. The molecule has 0 aliphatic carbocycles. The van der Waals surface area contributed by atoms with Gasteiger partial charge in [0.1, 0.15) is 11.6 Å². The highest BCUT2D eigenvalue weighted by molar-refractivity contribution is 5.44. The zero-order valence-corrected chi connectivity index (χ0v) is 9.56. The van der Waals surface area contributed by atoms with Gasteiger partial charge >= 0.3 is 0 Å². The van der Waals surface area contributed by atoms with E-state index in [9.17, 15) is 5.11 Å². The van der Waals surface area contributed by atoms with Gasteiger partial charge in [-0.15, -0.1) is 0 Å². The van der Waals surface area contributed by atoms with Crippen molar-refractivity contribution >= 4 is 11.6 Å². The van der Waals surface area contributed by atoms with Gasteiger partial charge < -0.3 is 15.3 Å². The number of nitrogens with one attached hydrogen (secondary N) is 1. The van der Waals surface area contributed by atoms with Gasteiger partial charge in [0.15, 0.2) is 0 Å². The van der Waals surface area contributed by atoms with Gasteiger partial charge in [0.2, 0.25) is 0 Å². The number of aliphatic hydroxyl groups excluding tert-OH is 1. The first kappa shape index (κ1) is 11.1. The molecule has 0 spiro atoms. The number of aliphatic hydroxyl groups is 1. The molecule has 5 nitrogen and oxygen atoms in total. The molecule has 1 aliphatic heterocycles. The Hall–Kier alpha value is -1.36. The molecule has 88 valence electrons. The van der Waals surface area contributed by atoms with Crippen molar-refractivity contribution in [2.45, 2.75) is 25.3 Å². The molecule has 0 saturated carbocycles. The summed E-state index contributed by atoms with van der Waals surface area (Å²) in [6.07, 6.45) is 6.82. The van der Waals surface area contributed by atoms with Crippen LogP contribution in [0.15, 0.2) is 12.4 Å². The second-order valence-electron chi connectivity index (χ2n) is 4.04. The second kappa shape index (κ2) is 5.12. The monoisotopic (exact) mass is 222 g/mol. The lowest BCUT2D eigenvalue weighted by Gasteiger charge is -2.35. The predicted octanol–water partition coefficient (Wildman–Crippen LogP) is 0.869. The number of aromatic nitrogens is 2. The summed E-state index contributed by atoms with van der Waals surface area (Å²) in [7, 11) is 1.83. The van der Waals surface area contributed by atoms with Crippen LogP contribution in [0.2, 0.25) is 0 Å². The van der Waals surface area contributed by atoms with Gasteiger partial charge in [0.05, 0.1) is 25.0 Å². The molecule has 0 amide bonds. The van der Waals surface area contributed by atoms with Gasteiger partial charge in [-0.3, -0.25) is 4.98 Å². The van der Waals surface area contributed by atoms with E-state index in [1.54, 1.807) is 12.4 Å². The van der Waals surface area contributed by atoms with Crippen LogP contribution in [0, 0.1) is 0 Å². The molecule has 2 N–H and O–H groups in total. The first-order chi connectivity index (χ1) is 7.85. The van der Waals surface area contributed by atoms with Crippen molar-refractivity contribution in [3.05, 3.63) is 12.4 Å². The Morgan fingerprint density at radius 1 is 1.50 bits per heavy atom. The number of hydrogen-bond acceptors (Lipinski definition) is 5. The Morgan fingerprint density at radius 3 is 3.12 bits per heavy atom. The Kier molecular flexibility index (Phi) is 3.56. The fourth-order valence-electron chi connectivity index (χ4n) is 2.11. The fraction of sp³-hybridized carbons (Fsp3) is 0.636. The number of nitrogens with zero attached hydrogens (tertiary/aromatic N) is 3. The highest BCUT2D eigenvalue weighted by Crippen LogP contribution is 2.22. The van der Waals surface area contributed by atoms with Crippen molar-refractivity contribution in [3.8, 4) is 0 Å². The lowest BCUT2D eigenvalue weighted by atomic mass is 10.0. The Balaban J connectivity index is 2.20. The van der Waals surface area contributed by atoms with Crippen molar-refractivity contribution in [2.24, 2.45) is 0 Å². The molecule has 1 aliphatic rings. The largest absolute Gasteiger partial charge is 0.394 e. The van der Waals surface area contributed by atoms with Crippen molar-refractivity contribution in [3.63, 3.8) is 0 Å². The minimum Gasteiger partial charge on any atom is -0.394 e. The standard InChI is InChI=1S/C11H18N4O/c1-12-10-6-13-7-11(14-10)15-5-3-2-4-9(15)8-16/h6-7,9,16H,2-5,8H2,1H3,(H,12,14). The third kappa shape index (κ3) is 2.24. The number of hydrogen-bond donors (Lipinski definition) is 2. The van der Waals surface area contributed by atoms with Crippen LogP contribution in [0.3, 0.4) is 0 Å². The van der Waals surface area contributed by atoms with Crippen LogP contribution in [0.5, 0.6) is 0 Å². The molecule has 2 heterocycles. The molecule has 1 aromatic rings. The Labute approximate surface area is 95.5 Å². The van der Waals surface area contributed by atoms with Crippen LogP contribution >= 0.6 is 0 Å². The normalized spacial score (nSPS) is 20.9. The molecule has 1 saturated heterocycles. The molecular formula is C11H18N4O. The molecule has 0 bridgehead atoms. The van der Waals surface area contributed by atoms with E-state index in [0.29, 0.717) is 0 Å². The highest BCUT2D eigenvalue weighted by Gasteiger charge is 2.23. The molecule has 0 aromatic carbocycles. The maximum Gasteiger partial charge on any atom is 0.149 e. The van der Waals surface area contributed by atoms with E-state index >= 15 is 0 Å². The van der Waals surface area contributed by atoms with Crippen molar-refractivity contribution in [1.82, 2.24) is 9.97 Å². The van der Waals surface area contributed by atoms with Crippen LogP contribution < -0.4 is 10.2 Å². The quantitative estimate of drug-likeness (QED) is 0.794. The van der Waals surface area contributed by atoms with Crippen molar-refractivity contribution in [2.75, 3.05) is 30.4 Å². The van der Waals surface area contributed by atoms with Gasteiger partial charge in [0.25, 0.3) is 0 Å². The molecule has 1 aromatic heterocycles. The average Bonchev–Trinajstić information content (AvgIpc) is 2.38. The van der Waals surface area contributed by atoms with Crippen LogP contribution in [0.1, 0.15) is 19.3 Å². The minimum atomic E-state index is 0.186. The molecule has 0 radical (unpaired) electrons. The molecule has 2 rings (SSSR count). The summed E-state index contributed by atoms with van der Waals surface area (Å²) in [5.74, 6) is 1.62. The van der Waals surface area contributed by atoms with Crippen LogP contribution in [-0.4, -0.2) is 41.3 Å². The third-order valence-corrected chi connectivity index (χ3v) is 3.01. The first-order valence-corrected chi connectivity index (χ1v) is 5.72. The van der Waals surface area contributed by atoms with Crippen LogP contribution in [0.4, 0.5) is 11.6 Å². The van der Waals surface area contributed by atoms with Gasteiger partial charge in [-0.1, -0.05) is 0 Å². The summed E-state index contributed by atoms with van der Waals surface area (Å²) in [6, 6.07) is 0.190. The molecule has 1 atom stereocenters. The molecule has 16 heavy (non-hydrogen) atoms. The summed E-state index contributed by atoms with van der Waals surface area (Å²) in [5, 5.41) is 12.3. The van der Waals surface area contributed by atoms with E-state index in [-0.39, 0.29) is 12.6 Å². The summed E-state index contributed by atoms with van der Waals surface area (Å²) < 4.78 is 0. The molecule has 1 fully saturated rings. The molecular weight excluding hydrogens is 204 g/mol. The predicted molar refractivity (Wildman–Crippen MR) is 63.6 cm³/mol. The zero-order valence-electron chi connectivity index (χ0n) is 9.56. The smallest absolute Gasteiger partial charge is 0.149 e. The van der Waals surface area contributed by atoms with Gasteiger partial charge in [-0.25, -0.2) is 4.98 Å². The van der Waals surface area contributed by atoms with Crippen molar-refractivity contribution in [1.29, 1.82) is 0 Å². The maximum atomic E-state index is 9.34. The van der Waals surface area contributed by atoms with E-state index in [4.69, 9.17) is 0 Å². The van der Waals surface area contributed by atoms with E-state index < -0.39 is 0 Å². The number of piperidine rings is 1. The van der Waals surface area contributed by atoms with Gasteiger partial charge in [-0.05, 0) is 19.3 Å². The Morgan fingerprint density at radius 2 is 2.38 bits per heavy atom. The fourth-order valence-corrected chi connectivity index (χ4v) is 2.11.